The lowest BCUT2D eigenvalue weighted by atomic mass is 9.90. The van der Waals surface area contributed by atoms with Gasteiger partial charge in [-0.15, -0.1) is 0 Å². The van der Waals surface area contributed by atoms with Gasteiger partial charge in [0.2, 0.25) is 5.95 Å². The summed E-state index contributed by atoms with van der Waals surface area (Å²) in [6, 6.07) is 0. The first kappa shape index (κ1) is 23.9. The number of hydrogen-bond donors (Lipinski definition) is 1. The quantitative estimate of drug-likeness (QED) is 0.694. The Bertz CT molecular complexity index is 903. The minimum absolute atomic E-state index is 0.215. The number of carboxylic acids is 1. The van der Waals surface area contributed by atoms with Gasteiger partial charge in [-0.3, -0.25) is 4.90 Å². The number of piperidine rings is 1. The van der Waals surface area contributed by atoms with Crippen molar-refractivity contribution in [1.29, 1.82) is 0 Å². The molecule has 1 unspecified atom stereocenters. The number of alkyl halides is 3. The molecule has 2 aliphatic rings. The third-order valence-corrected chi connectivity index (χ3v) is 5.30. The first-order valence-electron chi connectivity index (χ1n) is 9.92. The van der Waals surface area contributed by atoms with Crippen LogP contribution < -0.4 is 4.90 Å². The summed E-state index contributed by atoms with van der Waals surface area (Å²) in [7, 11) is 2.02. The highest BCUT2D eigenvalue weighted by Gasteiger charge is 2.41. The molecule has 0 amide bonds. The number of rotatable bonds is 3. The van der Waals surface area contributed by atoms with E-state index in [1.165, 1.54) is 18.1 Å². The van der Waals surface area contributed by atoms with E-state index in [9.17, 15) is 17.6 Å². The van der Waals surface area contributed by atoms with Crippen molar-refractivity contribution in [1.82, 2.24) is 24.4 Å². The highest BCUT2D eigenvalue weighted by Crippen LogP contribution is 2.31. The average Bonchev–Trinajstić information content (AvgIpc) is 3.13. The number of ether oxygens (including phenoxy) is 1. The molecule has 0 bridgehead atoms. The molecular weight excluding hydrogens is 436 g/mol. The molecule has 9 nitrogen and oxygen atoms in total. The Hall–Kier alpha value is -2.80. The molecule has 0 aliphatic carbocycles. The van der Waals surface area contributed by atoms with Gasteiger partial charge < -0.3 is 19.3 Å². The Balaban J connectivity index is 0.000000360. The van der Waals surface area contributed by atoms with Crippen molar-refractivity contribution in [3.63, 3.8) is 0 Å². The van der Waals surface area contributed by atoms with E-state index >= 15 is 0 Å². The molecule has 1 atom stereocenters. The SMILES string of the molecule is Cn1cncc1CN1CCOC2(CCCN(c3ncc(F)cn3)C2)C1.O=C(O)C(F)(F)F. The topological polar surface area (TPSA) is 96.6 Å². The second-order valence-electron chi connectivity index (χ2n) is 7.77. The third-order valence-electron chi connectivity index (χ3n) is 5.30. The first-order valence-corrected chi connectivity index (χ1v) is 9.92. The molecule has 4 rings (SSSR count). The van der Waals surface area contributed by atoms with E-state index in [4.69, 9.17) is 14.6 Å². The van der Waals surface area contributed by atoms with Crippen molar-refractivity contribution in [2.24, 2.45) is 7.05 Å². The number of aryl methyl sites for hydroxylation is 1. The van der Waals surface area contributed by atoms with Crippen molar-refractivity contribution in [3.8, 4) is 0 Å². The fourth-order valence-electron chi connectivity index (χ4n) is 3.81. The zero-order chi connectivity index (χ0) is 23.4. The fraction of sp³-hybridized carbons (Fsp3) is 0.579. The van der Waals surface area contributed by atoms with Gasteiger partial charge >= 0.3 is 12.1 Å². The minimum atomic E-state index is -5.08. The molecule has 32 heavy (non-hydrogen) atoms. The van der Waals surface area contributed by atoms with Crippen LogP contribution in [0.1, 0.15) is 18.5 Å². The van der Waals surface area contributed by atoms with E-state index in [-0.39, 0.29) is 5.60 Å². The number of hydrogen-bond acceptors (Lipinski definition) is 7. The molecule has 4 heterocycles. The number of carbonyl (C=O) groups is 1. The van der Waals surface area contributed by atoms with Crippen LogP contribution in [0.5, 0.6) is 0 Å². The van der Waals surface area contributed by atoms with Crippen LogP contribution in [0.3, 0.4) is 0 Å². The molecule has 0 radical (unpaired) electrons. The normalized spacial score (nSPS) is 21.8. The average molecular weight is 460 g/mol. The number of carboxylic acid groups (broad SMARTS) is 1. The summed E-state index contributed by atoms with van der Waals surface area (Å²) in [5.74, 6) is -2.59. The highest BCUT2D eigenvalue weighted by molar-refractivity contribution is 5.73. The minimum Gasteiger partial charge on any atom is -0.475 e. The van der Waals surface area contributed by atoms with Crippen molar-refractivity contribution >= 4 is 11.9 Å². The fourth-order valence-corrected chi connectivity index (χ4v) is 3.81. The summed E-state index contributed by atoms with van der Waals surface area (Å²) in [5, 5.41) is 7.12. The molecule has 2 saturated heterocycles. The van der Waals surface area contributed by atoms with Crippen LogP contribution in [0.2, 0.25) is 0 Å². The van der Waals surface area contributed by atoms with Crippen LogP contribution in [0.4, 0.5) is 23.5 Å². The van der Waals surface area contributed by atoms with Crippen LogP contribution >= 0.6 is 0 Å². The molecule has 13 heteroatoms. The first-order chi connectivity index (χ1) is 15.1. The van der Waals surface area contributed by atoms with Crippen molar-refractivity contribution in [2.75, 3.05) is 37.7 Å². The number of imidazole rings is 1. The standard InChI is InChI=1S/C17H23FN6O.C2HF3O2/c1-22-13-19-9-15(22)10-23-5-6-25-17(11-23)3-2-4-24(12-17)16-20-7-14(18)8-21-16;3-2(4,5)1(6)7/h7-9,13H,2-6,10-12H2,1H3;(H,6,7). The second-order valence-corrected chi connectivity index (χ2v) is 7.77. The van der Waals surface area contributed by atoms with Gasteiger partial charge in [-0.25, -0.2) is 24.1 Å². The monoisotopic (exact) mass is 460 g/mol. The summed E-state index contributed by atoms with van der Waals surface area (Å²) >= 11 is 0. The molecule has 1 spiro atoms. The van der Waals surface area contributed by atoms with Gasteiger partial charge in [0.05, 0.1) is 43.2 Å². The van der Waals surface area contributed by atoms with E-state index in [0.29, 0.717) is 5.95 Å². The van der Waals surface area contributed by atoms with Crippen LogP contribution in [-0.4, -0.2) is 80.1 Å². The van der Waals surface area contributed by atoms with E-state index in [2.05, 4.69) is 29.3 Å². The Morgan fingerprint density at radius 1 is 1.22 bits per heavy atom. The number of halogens is 4. The molecular formula is C19H24F4N6O3. The number of morpholine rings is 1. The lowest BCUT2D eigenvalue weighted by molar-refractivity contribution is -0.192. The molecule has 2 aromatic rings. The molecule has 176 valence electrons. The van der Waals surface area contributed by atoms with Crippen LogP contribution in [0.25, 0.3) is 0 Å². The summed E-state index contributed by atoms with van der Waals surface area (Å²) < 4.78 is 53.1. The van der Waals surface area contributed by atoms with Gasteiger partial charge in [0.1, 0.15) is 0 Å². The van der Waals surface area contributed by atoms with Crippen LogP contribution in [0.15, 0.2) is 24.9 Å². The third kappa shape index (κ3) is 6.13. The van der Waals surface area contributed by atoms with Gasteiger partial charge in [-0.05, 0) is 12.8 Å². The van der Waals surface area contributed by atoms with E-state index in [0.717, 1.165) is 52.2 Å². The van der Waals surface area contributed by atoms with Gasteiger partial charge in [0, 0.05) is 39.4 Å². The summed E-state index contributed by atoms with van der Waals surface area (Å²) in [5.41, 5.74) is 0.985. The summed E-state index contributed by atoms with van der Waals surface area (Å²) in [6.45, 7) is 4.99. The predicted molar refractivity (Wildman–Crippen MR) is 104 cm³/mol. The highest BCUT2D eigenvalue weighted by atomic mass is 19.4. The maximum atomic E-state index is 13.1. The zero-order valence-corrected chi connectivity index (χ0v) is 17.4. The van der Waals surface area contributed by atoms with Gasteiger partial charge in [0.15, 0.2) is 5.82 Å². The Morgan fingerprint density at radius 2 is 1.91 bits per heavy atom. The lowest BCUT2D eigenvalue weighted by Crippen LogP contribution is -2.59. The lowest BCUT2D eigenvalue weighted by Gasteiger charge is -2.48. The van der Waals surface area contributed by atoms with E-state index in [1.54, 1.807) is 0 Å². The van der Waals surface area contributed by atoms with Crippen LogP contribution in [0, 0.1) is 5.82 Å². The maximum absolute atomic E-state index is 13.1. The van der Waals surface area contributed by atoms with E-state index in [1.807, 2.05) is 19.6 Å². The number of aliphatic carboxylic acids is 1. The summed E-state index contributed by atoms with van der Waals surface area (Å²) in [6.07, 6.45) is 3.15. The van der Waals surface area contributed by atoms with Crippen molar-refractivity contribution in [3.05, 3.63) is 36.4 Å². The molecule has 1 N–H and O–H groups in total. The number of nitrogens with zero attached hydrogens (tertiary/aromatic N) is 6. The predicted octanol–water partition coefficient (Wildman–Crippen LogP) is 1.85. The zero-order valence-electron chi connectivity index (χ0n) is 17.4. The second kappa shape index (κ2) is 9.77. The van der Waals surface area contributed by atoms with Crippen molar-refractivity contribution in [2.45, 2.75) is 31.2 Å². The molecule has 0 saturated carbocycles. The Kier molecular flexibility index (Phi) is 7.29. The van der Waals surface area contributed by atoms with E-state index < -0.39 is 18.0 Å². The Morgan fingerprint density at radius 3 is 2.50 bits per heavy atom. The number of aromatic nitrogens is 4. The molecule has 2 aromatic heterocycles. The van der Waals surface area contributed by atoms with Gasteiger partial charge in [-0.1, -0.05) is 0 Å². The number of anilines is 1. The maximum Gasteiger partial charge on any atom is 0.490 e. The smallest absolute Gasteiger partial charge is 0.475 e. The Labute approximate surface area is 181 Å². The molecule has 2 aliphatic heterocycles. The largest absolute Gasteiger partial charge is 0.490 e. The van der Waals surface area contributed by atoms with Crippen LogP contribution in [-0.2, 0) is 23.1 Å². The molecule has 2 fully saturated rings. The van der Waals surface area contributed by atoms with Gasteiger partial charge in [-0.2, -0.15) is 13.2 Å². The molecule has 0 aromatic carbocycles. The van der Waals surface area contributed by atoms with Gasteiger partial charge in [0.25, 0.3) is 0 Å². The van der Waals surface area contributed by atoms with Crippen molar-refractivity contribution < 1.29 is 32.2 Å². The summed E-state index contributed by atoms with van der Waals surface area (Å²) in [4.78, 5) is 25.9.